The summed E-state index contributed by atoms with van der Waals surface area (Å²) in [5, 5.41) is 20.0. The summed E-state index contributed by atoms with van der Waals surface area (Å²) in [4.78, 5) is 18.2. The van der Waals surface area contributed by atoms with Gasteiger partial charge in [-0.1, -0.05) is 0 Å². The fourth-order valence-corrected chi connectivity index (χ4v) is 0.570. The van der Waals surface area contributed by atoms with Gasteiger partial charge in [0.15, 0.2) is 0 Å². The summed E-state index contributed by atoms with van der Waals surface area (Å²) in [6.07, 6.45) is 0.899. The maximum Gasteiger partial charge on any atom is 0.511 e. The molecule has 0 fully saturated rings. The van der Waals surface area contributed by atoms with Gasteiger partial charge in [-0.05, 0) is 0 Å². The molecule has 1 aromatic rings. The highest BCUT2D eigenvalue weighted by molar-refractivity contribution is 5.43. The Hall–Kier alpha value is -1.92. The fourth-order valence-electron chi connectivity index (χ4n) is 0.570. The van der Waals surface area contributed by atoms with E-state index in [0.717, 1.165) is 12.3 Å². The van der Waals surface area contributed by atoms with E-state index in [1.54, 1.807) is 0 Å². The Morgan fingerprint density at radius 1 is 1.27 bits per heavy atom. The Morgan fingerprint density at radius 3 is 2.27 bits per heavy atom. The number of nitro groups is 2. The Labute approximate surface area is 59.5 Å². The zero-order valence-corrected chi connectivity index (χ0v) is 5.09. The van der Waals surface area contributed by atoms with Crippen molar-refractivity contribution in [3.63, 3.8) is 0 Å². The van der Waals surface area contributed by atoms with Gasteiger partial charge in [0.2, 0.25) is 0 Å². The van der Waals surface area contributed by atoms with Crippen LogP contribution in [0.15, 0.2) is 16.7 Å². The Balaban J connectivity index is 3.16. The predicted octanol–water partition coefficient (Wildman–Crippen LogP) is 1.10. The van der Waals surface area contributed by atoms with Gasteiger partial charge in [0.05, 0.1) is 11.0 Å². The van der Waals surface area contributed by atoms with Crippen molar-refractivity contribution in [1.82, 2.24) is 0 Å². The third-order valence-electron chi connectivity index (χ3n) is 0.987. The van der Waals surface area contributed by atoms with E-state index in [4.69, 9.17) is 0 Å². The molecule has 0 bridgehead atoms. The van der Waals surface area contributed by atoms with Gasteiger partial charge in [-0.25, -0.2) is 0 Å². The minimum Gasteiger partial charge on any atom is -0.404 e. The molecule has 1 aromatic heterocycles. The molecule has 0 aliphatic rings. The number of rotatable bonds is 2. The SMILES string of the molecule is O=[N+]([O-])c1ccoc1[N+](=O)[O-]. The van der Waals surface area contributed by atoms with Crippen LogP contribution in [-0.2, 0) is 0 Å². The van der Waals surface area contributed by atoms with Crippen molar-refractivity contribution in [1.29, 1.82) is 0 Å². The first-order valence-corrected chi connectivity index (χ1v) is 2.49. The lowest BCUT2D eigenvalue weighted by Crippen LogP contribution is -1.91. The summed E-state index contributed by atoms with van der Waals surface area (Å²) < 4.78 is 4.25. The molecule has 7 nitrogen and oxygen atoms in total. The second-order valence-electron chi connectivity index (χ2n) is 1.63. The maximum absolute atomic E-state index is 10.0. The van der Waals surface area contributed by atoms with E-state index < -0.39 is 21.4 Å². The summed E-state index contributed by atoms with van der Waals surface area (Å²) >= 11 is 0. The van der Waals surface area contributed by atoms with Crippen LogP contribution in [-0.4, -0.2) is 9.85 Å². The smallest absolute Gasteiger partial charge is 0.404 e. The molecule has 0 aromatic carbocycles. The molecular weight excluding hydrogens is 156 g/mol. The predicted molar refractivity (Wildman–Crippen MR) is 32.0 cm³/mol. The zero-order valence-electron chi connectivity index (χ0n) is 5.09. The third-order valence-corrected chi connectivity index (χ3v) is 0.987. The third kappa shape index (κ3) is 1.16. The van der Waals surface area contributed by atoms with Crippen molar-refractivity contribution in [3.05, 3.63) is 32.6 Å². The zero-order chi connectivity index (χ0) is 8.43. The van der Waals surface area contributed by atoms with E-state index in [1.165, 1.54) is 0 Å². The number of nitrogens with zero attached hydrogens (tertiary/aromatic N) is 2. The highest BCUT2D eigenvalue weighted by Crippen LogP contribution is 2.26. The summed E-state index contributed by atoms with van der Waals surface area (Å²) in [6, 6.07) is 0.929. The van der Waals surface area contributed by atoms with Crippen LogP contribution in [0.25, 0.3) is 0 Å². The van der Waals surface area contributed by atoms with E-state index in [-0.39, 0.29) is 0 Å². The van der Waals surface area contributed by atoms with Crippen molar-refractivity contribution < 1.29 is 14.3 Å². The Kier molecular flexibility index (Phi) is 1.55. The Bertz CT molecular complexity index is 275. The largest absolute Gasteiger partial charge is 0.511 e. The van der Waals surface area contributed by atoms with Gasteiger partial charge in [0, 0.05) is 0 Å². The van der Waals surface area contributed by atoms with Gasteiger partial charge in [-0.3, -0.25) is 20.2 Å². The first-order chi connectivity index (χ1) is 5.13. The van der Waals surface area contributed by atoms with Gasteiger partial charge < -0.3 is 4.42 Å². The second-order valence-corrected chi connectivity index (χ2v) is 1.63. The van der Waals surface area contributed by atoms with Crippen LogP contribution in [0, 0.1) is 20.2 Å². The molecule has 0 aliphatic heterocycles. The highest BCUT2D eigenvalue weighted by Gasteiger charge is 2.27. The molecule has 0 amide bonds. The van der Waals surface area contributed by atoms with Gasteiger partial charge in [-0.15, -0.1) is 0 Å². The lowest BCUT2D eigenvalue weighted by atomic mass is 10.5. The number of hydrogen-bond acceptors (Lipinski definition) is 5. The monoisotopic (exact) mass is 158 g/mol. The molecule has 0 atom stereocenters. The average Bonchev–Trinajstić information content (AvgIpc) is 2.32. The van der Waals surface area contributed by atoms with E-state index >= 15 is 0 Å². The molecule has 0 N–H and O–H groups in total. The van der Waals surface area contributed by atoms with E-state index in [2.05, 4.69) is 4.42 Å². The van der Waals surface area contributed by atoms with E-state index in [0.29, 0.717) is 0 Å². The van der Waals surface area contributed by atoms with E-state index in [1.807, 2.05) is 0 Å². The second kappa shape index (κ2) is 2.37. The van der Waals surface area contributed by atoms with Crippen LogP contribution < -0.4 is 0 Å². The molecule has 0 radical (unpaired) electrons. The first kappa shape index (κ1) is 7.19. The molecule has 0 unspecified atom stereocenters. The van der Waals surface area contributed by atoms with Gasteiger partial charge in [0.1, 0.15) is 11.2 Å². The Morgan fingerprint density at radius 2 is 1.91 bits per heavy atom. The quantitative estimate of drug-likeness (QED) is 0.473. The summed E-state index contributed by atoms with van der Waals surface area (Å²) in [5.74, 6) is -0.838. The van der Waals surface area contributed by atoms with Crippen molar-refractivity contribution in [3.8, 4) is 0 Å². The molecule has 1 rings (SSSR count). The van der Waals surface area contributed by atoms with Gasteiger partial charge >= 0.3 is 11.6 Å². The average molecular weight is 158 g/mol. The molecule has 1 heterocycles. The van der Waals surface area contributed by atoms with Crippen molar-refractivity contribution in [2.75, 3.05) is 0 Å². The molecule has 0 aliphatic carbocycles. The van der Waals surface area contributed by atoms with Crippen molar-refractivity contribution in [2.24, 2.45) is 0 Å². The maximum atomic E-state index is 10.0. The molecule has 58 valence electrons. The van der Waals surface area contributed by atoms with Crippen LogP contribution >= 0.6 is 0 Å². The van der Waals surface area contributed by atoms with Gasteiger partial charge in [0.25, 0.3) is 0 Å². The molecule has 7 heteroatoms. The van der Waals surface area contributed by atoms with Crippen LogP contribution in [0.3, 0.4) is 0 Å². The van der Waals surface area contributed by atoms with Gasteiger partial charge in [-0.2, -0.15) is 0 Å². The van der Waals surface area contributed by atoms with Crippen LogP contribution in [0.2, 0.25) is 0 Å². The van der Waals surface area contributed by atoms with Crippen LogP contribution in [0.1, 0.15) is 0 Å². The van der Waals surface area contributed by atoms with E-state index in [9.17, 15) is 20.2 Å². The molecule has 0 spiro atoms. The van der Waals surface area contributed by atoms with Crippen molar-refractivity contribution in [2.45, 2.75) is 0 Å². The summed E-state index contributed by atoms with van der Waals surface area (Å²) in [6.45, 7) is 0. The number of furan rings is 1. The molecular formula is C4H2N2O5. The standard InChI is InChI=1S/C4H2N2O5/c7-5(8)3-1-2-11-4(3)6(9)10/h1-2H. The first-order valence-electron chi connectivity index (χ1n) is 2.49. The van der Waals surface area contributed by atoms with Crippen LogP contribution in [0.4, 0.5) is 11.6 Å². The summed E-state index contributed by atoms with van der Waals surface area (Å²) in [5.41, 5.74) is -0.630. The molecule has 11 heavy (non-hydrogen) atoms. The van der Waals surface area contributed by atoms with Crippen molar-refractivity contribution >= 4 is 11.6 Å². The molecule has 0 saturated heterocycles. The highest BCUT2D eigenvalue weighted by atomic mass is 16.7. The summed E-state index contributed by atoms with van der Waals surface area (Å²) in [7, 11) is 0. The normalized spacial score (nSPS) is 9.45. The molecule has 0 saturated carbocycles. The topological polar surface area (TPSA) is 99.4 Å². The lowest BCUT2D eigenvalue weighted by molar-refractivity contribution is -0.433. The lowest BCUT2D eigenvalue weighted by Gasteiger charge is -1.82. The minimum absolute atomic E-state index is 0.630. The minimum atomic E-state index is -0.946. The fraction of sp³-hybridized carbons (Fsp3) is 0. The number of hydrogen-bond donors (Lipinski definition) is 0. The van der Waals surface area contributed by atoms with Crippen LogP contribution in [0.5, 0.6) is 0 Å².